The fraction of sp³-hybridized carbons (Fsp3) is 0.533. The monoisotopic (exact) mass is 281 g/mol. The number of carbonyl (C=O) groups excluding carboxylic acids is 1. The Kier molecular flexibility index (Phi) is 5.25. The topological polar surface area (TPSA) is 20.3 Å². The van der Waals surface area contributed by atoms with Crippen LogP contribution in [0.15, 0.2) is 29.2 Å². The van der Waals surface area contributed by atoms with Gasteiger partial charge in [0.1, 0.15) is 5.82 Å². The molecule has 1 amide bonds. The Morgan fingerprint density at radius 1 is 1.32 bits per heavy atom. The number of benzene rings is 1. The first kappa shape index (κ1) is 14.4. The van der Waals surface area contributed by atoms with Gasteiger partial charge in [-0.3, -0.25) is 4.79 Å². The van der Waals surface area contributed by atoms with Gasteiger partial charge in [-0.1, -0.05) is 6.92 Å². The third-order valence-corrected chi connectivity index (χ3v) is 4.55. The molecule has 4 heteroatoms. The molecule has 104 valence electrons. The number of amides is 1. The van der Waals surface area contributed by atoms with Crippen molar-refractivity contribution in [1.82, 2.24) is 4.90 Å². The summed E-state index contributed by atoms with van der Waals surface area (Å²) in [6.45, 7) is 4.05. The molecule has 19 heavy (non-hydrogen) atoms. The lowest BCUT2D eigenvalue weighted by Crippen LogP contribution is -2.38. The highest BCUT2D eigenvalue weighted by Crippen LogP contribution is 2.21. The summed E-state index contributed by atoms with van der Waals surface area (Å²) >= 11 is 1.61. The van der Waals surface area contributed by atoms with E-state index in [0.29, 0.717) is 6.42 Å². The maximum atomic E-state index is 12.7. The van der Waals surface area contributed by atoms with Gasteiger partial charge < -0.3 is 4.90 Å². The summed E-state index contributed by atoms with van der Waals surface area (Å²) in [5.74, 6) is 1.54. The smallest absolute Gasteiger partial charge is 0.223 e. The third kappa shape index (κ3) is 4.53. The van der Waals surface area contributed by atoms with Crippen molar-refractivity contribution >= 4 is 17.7 Å². The highest BCUT2D eigenvalue weighted by molar-refractivity contribution is 7.99. The third-order valence-electron chi connectivity index (χ3n) is 3.53. The lowest BCUT2D eigenvalue weighted by Gasteiger charge is -2.30. The summed E-state index contributed by atoms with van der Waals surface area (Å²) in [5.41, 5.74) is 0. The Labute approximate surface area is 118 Å². The van der Waals surface area contributed by atoms with Crippen LogP contribution in [0, 0.1) is 11.7 Å². The first-order valence-corrected chi connectivity index (χ1v) is 7.80. The zero-order valence-corrected chi connectivity index (χ0v) is 12.1. The molecule has 2 nitrogen and oxygen atoms in total. The fourth-order valence-electron chi connectivity index (χ4n) is 2.20. The number of rotatable bonds is 4. The number of hydrogen-bond donors (Lipinski definition) is 0. The highest BCUT2D eigenvalue weighted by Gasteiger charge is 2.19. The maximum absolute atomic E-state index is 12.7. The van der Waals surface area contributed by atoms with Crippen molar-refractivity contribution in [3.05, 3.63) is 30.1 Å². The lowest BCUT2D eigenvalue weighted by atomic mass is 9.99. The van der Waals surface area contributed by atoms with Crippen LogP contribution in [0.2, 0.25) is 0 Å². The molecule has 1 saturated heterocycles. The van der Waals surface area contributed by atoms with E-state index in [1.165, 1.54) is 12.1 Å². The normalized spacial score (nSPS) is 16.6. The summed E-state index contributed by atoms with van der Waals surface area (Å²) in [7, 11) is 0. The van der Waals surface area contributed by atoms with Gasteiger partial charge in [0.15, 0.2) is 0 Å². The predicted octanol–water partition coefficient (Wildman–Crippen LogP) is 3.57. The van der Waals surface area contributed by atoms with Gasteiger partial charge in [0.2, 0.25) is 5.91 Å². The van der Waals surface area contributed by atoms with E-state index in [1.807, 2.05) is 4.90 Å². The van der Waals surface area contributed by atoms with Gasteiger partial charge in [-0.2, -0.15) is 0 Å². The van der Waals surface area contributed by atoms with Crippen molar-refractivity contribution in [2.24, 2.45) is 5.92 Å². The van der Waals surface area contributed by atoms with Gasteiger partial charge in [-0.15, -0.1) is 11.8 Å². The van der Waals surface area contributed by atoms with Crippen molar-refractivity contribution in [3.8, 4) is 0 Å². The molecule has 1 aromatic rings. The molecule has 0 aliphatic carbocycles. The van der Waals surface area contributed by atoms with Crippen molar-refractivity contribution < 1.29 is 9.18 Å². The Bertz CT molecular complexity index is 413. The van der Waals surface area contributed by atoms with E-state index < -0.39 is 0 Å². The van der Waals surface area contributed by atoms with E-state index in [1.54, 1.807) is 23.9 Å². The number of nitrogens with zero attached hydrogens (tertiary/aromatic N) is 1. The second-order valence-electron chi connectivity index (χ2n) is 5.12. The molecule has 0 radical (unpaired) electrons. The number of halogens is 1. The van der Waals surface area contributed by atoms with E-state index in [9.17, 15) is 9.18 Å². The van der Waals surface area contributed by atoms with Crippen LogP contribution in [-0.2, 0) is 4.79 Å². The molecule has 1 fully saturated rings. The second kappa shape index (κ2) is 6.94. The number of thioether (sulfide) groups is 1. The minimum Gasteiger partial charge on any atom is -0.343 e. The van der Waals surface area contributed by atoms with Crippen molar-refractivity contribution in [2.75, 3.05) is 18.8 Å². The van der Waals surface area contributed by atoms with Gasteiger partial charge in [0, 0.05) is 30.2 Å². The molecule has 2 rings (SSSR count). The van der Waals surface area contributed by atoms with E-state index in [0.717, 1.165) is 42.5 Å². The van der Waals surface area contributed by atoms with E-state index in [4.69, 9.17) is 0 Å². The minimum atomic E-state index is -0.220. The van der Waals surface area contributed by atoms with Crippen molar-refractivity contribution in [3.63, 3.8) is 0 Å². The van der Waals surface area contributed by atoms with Crippen molar-refractivity contribution in [2.45, 2.75) is 31.1 Å². The molecule has 0 saturated carbocycles. The first-order chi connectivity index (χ1) is 9.15. The van der Waals surface area contributed by atoms with E-state index >= 15 is 0 Å². The van der Waals surface area contributed by atoms with Gasteiger partial charge >= 0.3 is 0 Å². The zero-order chi connectivity index (χ0) is 13.7. The summed E-state index contributed by atoms with van der Waals surface area (Å²) in [6.07, 6.45) is 2.81. The molecule has 0 N–H and O–H groups in total. The zero-order valence-electron chi connectivity index (χ0n) is 11.3. The molecular weight excluding hydrogens is 261 g/mol. The minimum absolute atomic E-state index is 0.220. The van der Waals surface area contributed by atoms with Crippen LogP contribution in [0.1, 0.15) is 26.2 Å². The summed E-state index contributed by atoms with van der Waals surface area (Å²) in [6, 6.07) is 6.42. The van der Waals surface area contributed by atoms with Gasteiger partial charge in [0.25, 0.3) is 0 Å². The summed E-state index contributed by atoms with van der Waals surface area (Å²) in [5, 5.41) is 0. The molecule has 1 aromatic carbocycles. The van der Waals surface area contributed by atoms with Crippen LogP contribution in [0.4, 0.5) is 4.39 Å². The van der Waals surface area contributed by atoms with Gasteiger partial charge in [-0.05, 0) is 43.0 Å². The fourth-order valence-corrected chi connectivity index (χ4v) is 3.04. The van der Waals surface area contributed by atoms with Crippen LogP contribution in [0.3, 0.4) is 0 Å². The maximum Gasteiger partial charge on any atom is 0.223 e. The number of hydrogen-bond acceptors (Lipinski definition) is 2. The highest BCUT2D eigenvalue weighted by atomic mass is 32.2. The average molecular weight is 281 g/mol. The number of likely N-dealkylation sites (tertiary alicyclic amines) is 1. The van der Waals surface area contributed by atoms with E-state index in [2.05, 4.69) is 6.92 Å². The standard InChI is InChI=1S/C15H20FNOS/c1-12-6-9-17(10-7-12)15(18)8-11-19-14-4-2-13(16)3-5-14/h2-5,12H,6-11H2,1H3. The number of carbonyl (C=O) groups is 1. The van der Waals surface area contributed by atoms with Gasteiger partial charge in [0.05, 0.1) is 0 Å². The lowest BCUT2D eigenvalue weighted by molar-refractivity contribution is -0.132. The van der Waals surface area contributed by atoms with Crippen LogP contribution in [0.25, 0.3) is 0 Å². The quantitative estimate of drug-likeness (QED) is 0.786. The molecule has 1 heterocycles. The summed E-state index contributed by atoms with van der Waals surface area (Å²) in [4.78, 5) is 15.0. The van der Waals surface area contributed by atoms with Crippen LogP contribution < -0.4 is 0 Å². The molecule has 0 atom stereocenters. The molecular formula is C15H20FNOS. The SMILES string of the molecule is CC1CCN(C(=O)CCSc2ccc(F)cc2)CC1. The van der Waals surface area contributed by atoms with Crippen LogP contribution in [0.5, 0.6) is 0 Å². The Morgan fingerprint density at radius 3 is 2.58 bits per heavy atom. The summed E-state index contributed by atoms with van der Waals surface area (Å²) < 4.78 is 12.7. The Balaban J connectivity index is 1.70. The molecule has 0 bridgehead atoms. The van der Waals surface area contributed by atoms with Crippen LogP contribution >= 0.6 is 11.8 Å². The largest absolute Gasteiger partial charge is 0.343 e. The average Bonchev–Trinajstić information content (AvgIpc) is 2.41. The van der Waals surface area contributed by atoms with E-state index in [-0.39, 0.29) is 11.7 Å². The van der Waals surface area contributed by atoms with Crippen molar-refractivity contribution in [1.29, 1.82) is 0 Å². The molecule has 0 aromatic heterocycles. The molecule has 1 aliphatic heterocycles. The first-order valence-electron chi connectivity index (χ1n) is 6.81. The number of piperidine rings is 1. The predicted molar refractivity (Wildman–Crippen MR) is 76.7 cm³/mol. The molecule has 0 unspecified atom stereocenters. The molecule has 1 aliphatic rings. The Morgan fingerprint density at radius 2 is 1.95 bits per heavy atom. The van der Waals surface area contributed by atoms with Gasteiger partial charge in [-0.25, -0.2) is 4.39 Å². The second-order valence-corrected chi connectivity index (χ2v) is 6.28. The van der Waals surface area contributed by atoms with Crippen LogP contribution in [-0.4, -0.2) is 29.6 Å². The Hall–Kier alpha value is -1.03. The molecule has 0 spiro atoms.